The van der Waals surface area contributed by atoms with Gasteiger partial charge in [-0.2, -0.15) is 0 Å². The first-order chi connectivity index (χ1) is 8.12. The van der Waals surface area contributed by atoms with E-state index in [4.69, 9.17) is 0 Å². The topological polar surface area (TPSA) is 0 Å². The van der Waals surface area contributed by atoms with Crippen molar-refractivity contribution in [2.45, 2.75) is 50.0 Å². The Morgan fingerprint density at radius 1 is 1.35 bits per heavy atom. The average molecular weight is 246 g/mol. The minimum absolute atomic E-state index is 0.295. The minimum atomic E-state index is 0.295. The molecule has 0 aromatic carbocycles. The van der Waals surface area contributed by atoms with E-state index in [1.807, 2.05) is 0 Å². The Morgan fingerprint density at radius 3 is 2.76 bits per heavy atom. The van der Waals surface area contributed by atoms with Gasteiger partial charge in [0.15, 0.2) is 0 Å². The van der Waals surface area contributed by atoms with Gasteiger partial charge in [0, 0.05) is 4.75 Å². The van der Waals surface area contributed by atoms with Gasteiger partial charge in [-0.1, -0.05) is 61.4 Å². The van der Waals surface area contributed by atoms with Crippen LogP contribution in [-0.4, -0.2) is 10.00 Å². The van der Waals surface area contributed by atoms with Gasteiger partial charge in [-0.3, -0.25) is 0 Å². The van der Waals surface area contributed by atoms with Crippen LogP contribution in [0.5, 0.6) is 0 Å². The van der Waals surface area contributed by atoms with Crippen molar-refractivity contribution >= 4 is 11.8 Å². The monoisotopic (exact) mass is 246 g/mol. The molecule has 2 rings (SSSR count). The number of hydrogen-bond donors (Lipinski definition) is 0. The number of allylic oxidation sites excluding steroid dienone is 7. The molecule has 0 saturated heterocycles. The molecule has 0 aliphatic heterocycles. The molecule has 0 nitrogen and oxygen atoms in total. The van der Waals surface area contributed by atoms with Crippen molar-refractivity contribution < 1.29 is 0 Å². The third-order valence-corrected chi connectivity index (χ3v) is 5.00. The van der Waals surface area contributed by atoms with E-state index in [-0.39, 0.29) is 0 Å². The Bertz CT molecular complexity index is 396. The van der Waals surface area contributed by atoms with E-state index in [9.17, 15) is 0 Å². The second kappa shape index (κ2) is 5.30. The molecule has 1 unspecified atom stereocenters. The molecular formula is C16H22S. The second-order valence-corrected chi connectivity index (χ2v) is 7.20. The summed E-state index contributed by atoms with van der Waals surface area (Å²) in [6.45, 7) is 6.89. The van der Waals surface area contributed by atoms with Crippen LogP contribution < -0.4 is 0 Å². The summed E-state index contributed by atoms with van der Waals surface area (Å²) in [4.78, 5) is 0. The van der Waals surface area contributed by atoms with E-state index in [1.165, 1.54) is 24.0 Å². The molecular weight excluding hydrogens is 224 g/mol. The van der Waals surface area contributed by atoms with Crippen LogP contribution in [0.4, 0.5) is 0 Å². The molecule has 0 aromatic heterocycles. The van der Waals surface area contributed by atoms with Crippen LogP contribution >= 0.6 is 11.8 Å². The third-order valence-electron chi connectivity index (χ3n) is 3.45. The zero-order valence-electron chi connectivity index (χ0n) is 11.1. The third kappa shape index (κ3) is 2.95. The van der Waals surface area contributed by atoms with Gasteiger partial charge >= 0.3 is 0 Å². The fourth-order valence-electron chi connectivity index (χ4n) is 2.60. The summed E-state index contributed by atoms with van der Waals surface area (Å²) >= 11 is 2.12. The van der Waals surface area contributed by atoms with Crippen LogP contribution in [0.1, 0.15) is 40.0 Å². The molecule has 2 aliphatic carbocycles. The van der Waals surface area contributed by atoms with Gasteiger partial charge in [-0.15, -0.1) is 11.8 Å². The molecule has 2 aliphatic rings. The van der Waals surface area contributed by atoms with Crippen LogP contribution in [0, 0.1) is 0 Å². The number of rotatable bonds is 4. The van der Waals surface area contributed by atoms with Crippen LogP contribution in [0.3, 0.4) is 0 Å². The highest BCUT2D eigenvalue weighted by Crippen LogP contribution is 2.46. The van der Waals surface area contributed by atoms with E-state index < -0.39 is 0 Å². The first-order valence-corrected chi connectivity index (χ1v) is 7.38. The first kappa shape index (κ1) is 12.8. The molecule has 0 saturated carbocycles. The van der Waals surface area contributed by atoms with Crippen molar-refractivity contribution in [2.24, 2.45) is 0 Å². The summed E-state index contributed by atoms with van der Waals surface area (Å²) in [5.74, 6) is 0. The summed E-state index contributed by atoms with van der Waals surface area (Å²) in [5.41, 5.74) is 3.04. The fraction of sp³-hybridized carbons (Fsp3) is 0.500. The fourth-order valence-corrected chi connectivity index (χ4v) is 4.20. The molecule has 1 heteroatoms. The maximum absolute atomic E-state index is 2.37. The maximum Gasteiger partial charge on any atom is 0.0445 e. The van der Waals surface area contributed by atoms with E-state index in [0.717, 1.165) is 6.42 Å². The lowest BCUT2D eigenvalue weighted by molar-refractivity contribution is 0.668. The van der Waals surface area contributed by atoms with Gasteiger partial charge in [0.1, 0.15) is 0 Å². The van der Waals surface area contributed by atoms with E-state index in [2.05, 4.69) is 69.0 Å². The van der Waals surface area contributed by atoms with Crippen molar-refractivity contribution in [3.05, 3.63) is 47.6 Å². The van der Waals surface area contributed by atoms with Crippen LogP contribution in [0.2, 0.25) is 0 Å². The largest absolute Gasteiger partial charge is 0.147 e. The van der Waals surface area contributed by atoms with Gasteiger partial charge in [-0.25, -0.2) is 0 Å². The Labute approximate surface area is 110 Å². The molecule has 0 bridgehead atoms. The summed E-state index contributed by atoms with van der Waals surface area (Å²) in [7, 11) is 0. The zero-order valence-corrected chi connectivity index (χ0v) is 11.9. The normalized spacial score (nSPS) is 27.5. The van der Waals surface area contributed by atoms with E-state index in [1.54, 1.807) is 0 Å². The molecule has 92 valence electrons. The highest BCUT2D eigenvalue weighted by molar-refractivity contribution is 8.01. The summed E-state index contributed by atoms with van der Waals surface area (Å²) in [5, 5.41) is 0.677. The molecule has 17 heavy (non-hydrogen) atoms. The van der Waals surface area contributed by atoms with Crippen molar-refractivity contribution in [2.75, 3.05) is 0 Å². The SMILES string of the molecule is CC1=CC=CCC1(CC1=CCC=C1)SC(C)C. The molecule has 0 heterocycles. The lowest BCUT2D eigenvalue weighted by Crippen LogP contribution is -2.29. The minimum Gasteiger partial charge on any atom is -0.147 e. The second-order valence-electron chi connectivity index (χ2n) is 5.24. The molecule has 0 aromatic rings. The first-order valence-electron chi connectivity index (χ1n) is 6.50. The molecule has 0 fully saturated rings. The van der Waals surface area contributed by atoms with Crippen molar-refractivity contribution in [3.63, 3.8) is 0 Å². The highest BCUT2D eigenvalue weighted by atomic mass is 32.2. The molecule has 0 amide bonds. The maximum atomic E-state index is 2.37. The standard InChI is InChI=1S/C16H22S/c1-13(2)17-16(11-7-6-8-14(16)3)12-15-9-4-5-10-15/h4,6-10,13H,5,11-12H2,1-3H3. The van der Waals surface area contributed by atoms with Crippen molar-refractivity contribution in [1.29, 1.82) is 0 Å². The van der Waals surface area contributed by atoms with Gasteiger partial charge in [0.25, 0.3) is 0 Å². The lowest BCUT2D eigenvalue weighted by Gasteiger charge is -2.37. The Balaban J connectivity index is 2.20. The Kier molecular flexibility index (Phi) is 3.98. The predicted molar refractivity (Wildman–Crippen MR) is 79.4 cm³/mol. The average Bonchev–Trinajstić information content (AvgIpc) is 2.74. The quantitative estimate of drug-likeness (QED) is 0.669. The summed E-state index contributed by atoms with van der Waals surface area (Å²) in [6, 6.07) is 0. The molecule has 1 atom stereocenters. The predicted octanol–water partition coefficient (Wildman–Crippen LogP) is 5.05. The van der Waals surface area contributed by atoms with Gasteiger partial charge in [0.05, 0.1) is 0 Å². The zero-order chi connectivity index (χ0) is 12.3. The van der Waals surface area contributed by atoms with Gasteiger partial charge < -0.3 is 0 Å². The van der Waals surface area contributed by atoms with Crippen LogP contribution in [-0.2, 0) is 0 Å². The van der Waals surface area contributed by atoms with Gasteiger partial charge in [0.2, 0.25) is 0 Å². The highest BCUT2D eigenvalue weighted by Gasteiger charge is 2.34. The lowest BCUT2D eigenvalue weighted by atomic mass is 9.86. The summed E-state index contributed by atoms with van der Waals surface area (Å²) in [6.07, 6.45) is 17.2. The van der Waals surface area contributed by atoms with Crippen molar-refractivity contribution in [1.82, 2.24) is 0 Å². The Hall–Kier alpha value is -0.690. The summed E-state index contributed by atoms with van der Waals surface area (Å²) < 4.78 is 0.295. The molecule has 0 radical (unpaired) electrons. The molecule has 0 spiro atoms. The Morgan fingerprint density at radius 2 is 2.18 bits per heavy atom. The number of hydrogen-bond acceptors (Lipinski definition) is 1. The van der Waals surface area contributed by atoms with E-state index in [0.29, 0.717) is 10.00 Å². The van der Waals surface area contributed by atoms with Crippen LogP contribution in [0.15, 0.2) is 47.6 Å². The molecule has 0 N–H and O–H groups in total. The van der Waals surface area contributed by atoms with E-state index >= 15 is 0 Å². The van der Waals surface area contributed by atoms with Gasteiger partial charge in [-0.05, 0) is 31.4 Å². The van der Waals surface area contributed by atoms with Crippen molar-refractivity contribution in [3.8, 4) is 0 Å². The smallest absolute Gasteiger partial charge is 0.0445 e. The number of thioether (sulfide) groups is 1. The van der Waals surface area contributed by atoms with Crippen LogP contribution in [0.25, 0.3) is 0 Å².